The number of nitrogens with zero attached hydrogens (tertiary/aromatic N) is 1. The number of carbonyl (C=O) groups is 2. The first kappa shape index (κ1) is 14.8. The molecule has 1 saturated heterocycles. The van der Waals surface area contributed by atoms with Crippen molar-refractivity contribution in [3.8, 4) is 0 Å². The third kappa shape index (κ3) is 3.60. The lowest BCUT2D eigenvalue weighted by molar-refractivity contribution is -0.137. The van der Waals surface area contributed by atoms with Gasteiger partial charge in [0.25, 0.3) is 0 Å². The van der Waals surface area contributed by atoms with E-state index in [9.17, 15) is 9.59 Å². The summed E-state index contributed by atoms with van der Waals surface area (Å²) in [6.07, 6.45) is 1.41. The second-order valence-corrected chi connectivity index (χ2v) is 4.93. The molecule has 1 fully saturated rings. The topological polar surface area (TPSA) is 78.9 Å². The molecule has 1 aliphatic heterocycles. The summed E-state index contributed by atoms with van der Waals surface area (Å²) in [4.78, 5) is 24.1. The van der Waals surface area contributed by atoms with Gasteiger partial charge in [-0.25, -0.2) is 4.79 Å². The van der Waals surface area contributed by atoms with Crippen molar-refractivity contribution in [2.24, 2.45) is 0 Å². The molecule has 0 aromatic rings. The van der Waals surface area contributed by atoms with Crippen LogP contribution in [0, 0.1) is 0 Å². The summed E-state index contributed by atoms with van der Waals surface area (Å²) in [5, 5.41) is 11.7. The minimum Gasteiger partial charge on any atom is -0.480 e. The first-order valence-electron chi connectivity index (χ1n) is 6.29. The third-order valence-corrected chi connectivity index (χ3v) is 3.39. The molecule has 104 valence electrons. The molecule has 2 N–H and O–H groups in total. The van der Waals surface area contributed by atoms with Crippen LogP contribution in [0.5, 0.6) is 0 Å². The predicted molar refractivity (Wildman–Crippen MR) is 66.5 cm³/mol. The quantitative estimate of drug-likeness (QED) is 0.773. The van der Waals surface area contributed by atoms with Gasteiger partial charge in [-0.3, -0.25) is 4.79 Å². The van der Waals surface area contributed by atoms with Crippen LogP contribution in [0.15, 0.2) is 0 Å². The normalized spacial score (nSPS) is 26.9. The van der Waals surface area contributed by atoms with E-state index in [1.807, 2.05) is 20.8 Å². The van der Waals surface area contributed by atoms with Crippen LogP contribution in [0.2, 0.25) is 0 Å². The van der Waals surface area contributed by atoms with Gasteiger partial charge in [0.1, 0.15) is 6.54 Å². The van der Waals surface area contributed by atoms with Gasteiger partial charge in [-0.1, -0.05) is 6.92 Å². The smallest absolute Gasteiger partial charge is 0.323 e. The van der Waals surface area contributed by atoms with Crippen LogP contribution in [0.1, 0.15) is 33.6 Å². The van der Waals surface area contributed by atoms with Crippen molar-refractivity contribution < 1.29 is 19.4 Å². The second-order valence-electron chi connectivity index (χ2n) is 4.93. The Morgan fingerprint density at radius 1 is 1.56 bits per heavy atom. The fourth-order valence-electron chi connectivity index (χ4n) is 2.01. The number of carboxylic acid groups (broad SMARTS) is 1. The number of urea groups is 1. The Kier molecular flexibility index (Phi) is 4.95. The molecular formula is C12H22N2O4. The molecule has 0 aromatic carbocycles. The Bertz CT molecular complexity index is 321. The van der Waals surface area contributed by atoms with Gasteiger partial charge in [0, 0.05) is 13.2 Å². The lowest BCUT2D eigenvalue weighted by Gasteiger charge is -2.32. The highest BCUT2D eigenvalue weighted by Crippen LogP contribution is 2.25. The summed E-state index contributed by atoms with van der Waals surface area (Å²) in [5.41, 5.74) is -0.415. The number of carboxylic acids is 1. The Balaban J connectivity index is 2.63. The number of aliphatic carboxylic acids is 1. The van der Waals surface area contributed by atoms with E-state index in [-0.39, 0.29) is 18.7 Å². The Morgan fingerprint density at radius 2 is 2.22 bits per heavy atom. The highest BCUT2D eigenvalue weighted by atomic mass is 16.5. The molecule has 0 bridgehead atoms. The van der Waals surface area contributed by atoms with Crippen molar-refractivity contribution in [2.75, 3.05) is 19.7 Å². The minimum atomic E-state index is -1.00. The maximum atomic E-state index is 12.1. The van der Waals surface area contributed by atoms with Crippen LogP contribution < -0.4 is 5.32 Å². The van der Waals surface area contributed by atoms with Gasteiger partial charge >= 0.3 is 12.0 Å². The molecule has 1 aliphatic rings. The first-order chi connectivity index (χ1) is 8.39. The van der Waals surface area contributed by atoms with Crippen molar-refractivity contribution in [2.45, 2.75) is 45.3 Å². The molecule has 2 unspecified atom stereocenters. The fourth-order valence-corrected chi connectivity index (χ4v) is 2.01. The van der Waals surface area contributed by atoms with Gasteiger partial charge < -0.3 is 20.1 Å². The number of hydrogen-bond acceptors (Lipinski definition) is 3. The molecule has 1 rings (SSSR count). The van der Waals surface area contributed by atoms with Crippen molar-refractivity contribution in [1.29, 1.82) is 0 Å². The van der Waals surface area contributed by atoms with E-state index in [2.05, 4.69) is 5.32 Å². The van der Waals surface area contributed by atoms with Crippen LogP contribution in [0.3, 0.4) is 0 Å². The predicted octanol–water partition coefficient (Wildman–Crippen LogP) is 1.06. The highest BCUT2D eigenvalue weighted by molar-refractivity contribution is 5.80. The van der Waals surface area contributed by atoms with Gasteiger partial charge in [0.15, 0.2) is 0 Å². The lowest BCUT2D eigenvalue weighted by atomic mass is 9.95. The first-order valence-corrected chi connectivity index (χ1v) is 6.29. The van der Waals surface area contributed by atoms with Crippen LogP contribution in [-0.4, -0.2) is 53.3 Å². The standard InChI is InChI=1S/C12H22N2O4/c1-4-6-14(8-10(15)16)11(17)13-12(3)5-7-18-9(12)2/h9H,4-8H2,1-3H3,(H,13,17)(H,15,16). The molecule has 0 radical (unpaired) electrons. The third-order valence-electron chi connectivity index (χ3n) is 3.39. The zero-order valence-electron chi connectivity index (χ0n) is 11.2. The van der Waals surface area contributed by atoms with Gasteiger partial charge in [-0.15, -0.1) is 0 Å². The summed E-state index contributed by atoms with van der Waals surface area (Å²) < 4.78 is 5.44. The van der Waals surface area contributed by atoms with Gasteiger partial charge in [0.05, 0.1) is 11.6 Å². The molecule has 6 heteroatoms. The molecule has 6 nitrogen and oxygen atoms in total. The number of hydrogen-bond donors (Lipinski definition) is 2. The second kappa shape index (κ2) is 6.04. The Labute approximate surface area is 107 Å². The Hall–Kier alpha value is -1.30. The maximum absolute atomic E-state index is 12.1. The van der Waals surface area contributed by atoms with Crippen LogP contribution in [0.4, 0.5) is 4.79 Å². The zero-order valence-corrected chi connectivity index (χ0v) is 11.2. The van der Waals surface area contributed by atoms with Gasteiger partial charge in [-0.2, -0.15) is 0 Å². The molecule has 0 aromatic heterocycles. The van der Waals surface area contributed by atoms with E-state index in [4.69, 9.17) is 9.84 Å². The average molecular weight is 258 g/mol. The molecule has 18 heavy (non-hydrogen) atoms. The van der Waals surface area contributed by atoms with Crippen LogP contribution in [-0.2, 0) is 9.53 Å². The number of ether oxygens (including phenoxy) is 1. The highest BCUT2D eigenvalue weighted by Gasteiger charge is 2.39. The molecular weight excluding hydrogens is 236 g/mol. The number of nitrogens with one attached hydrogen (secondary N) is 1. The number of amides is 2. The van der Waals surface area contributed by atoms with E-state index < -0.39 is 11.5 Å². The monoisotopic (exact) mass is 258 g/mol. The summed E-state index contributed by atoms with van der Waals surface area (Å²) in [5.74, 6) is -1.00. The molecule has 0 saturated carbocycles. The van der Waals surface area contributed by atoms with Crippen molar-refractivity contribution in [1.82, 2.24) is 10.2 Å². The lowest BCUT2D eigenvalue weighted by Crippen LogP contribution is -2.55. The molecule has 2 amide bonds. The van der Waals surface area contributed by atoms with Gasteiger partial charge in [0.2, 0.25) is 0 Å². The summed E-state index contributed by atoms with van der Waals surface area (Å²) in [6.45, 7) is 6.52. The SMILES string of the molecule is CCCN(CC(=O)O)C(=O)NC1(C)CCOC1C. The van der Waals surface area contributed by atoms with Crippen molar-refractivity contribution in [3.63, 3.8) is 0 Å². The van der Waals surface area contributed by atoms with Crippen molar-refractivity contribution >= 4 is 12.0 Å². The van der Waals surface area contributed by atoms with Gasteiger partial charge in [-0.05, 0) is 26.7 Å². The van der Waals surface area contributed by atoms with E-state index in [1.54, 1.807) is 0 Å². The minimum absolute atomic E-state index is 0.0604. The van der Waals surface area contributed by atoms with Crippen LogP contribution in [0.25, 0.3) is 0 Å². The van der Waals surface area contributed by atoms with E-state index in [1.165, 1.54) is 4.90 Å². The maximum Gasteiger partial charge on any atom is 0.323 e. The Morgan fingerprint density at radius 3 is 2.67 bits per heavy atom. The number of carbonyl (C=O) groups excluding carboxylic acids is 1. The van der Waals surface area contributed by atoms with Crippen LogP contribution >= 0.6 is 0 Å². The number of rotatable bonds is 5. The van der Waals surface area contributed by atoms with E-state index in [0.717, 1.165) is 12.8 Å². The molecule has 0 aliphatic carbocycles. The summed E-state index contributed by atoms with van der Waals surface area (Å²) in [7, 11) is 0. The molecule has 2 atom stereocenters. The fraction of sp³-hybridized carbons (Fsp3) is 0.833. The summed E-state index contributed by atoms with van der Waals surface area (Å²) in [6, 6.07) is -0.334. The zero-order chi connectivity index (χ0) is 13.8. The van der Waals surface area contributed by atoms with E-state index >= 15 is 0 Å². The average Bonchev–Trinajstić information content (AvgIpc) is 2.57. The largest absolute Gasteiger partial charge is 0.480 e. The molecule has 0 spiro atoms. The van der Waals surface area contributed by atoms with Crippen molar-refractivity contribution in [3.05, 3.63) is 0 Å². The molecule has 1 heterocycles. The summed E-state index contributed by atoms with van der Waals surface area (Å²) >= 11 is 0. The van der Waals surface area contributed by atoms with E-state index in [0.29, 0.717) is 13.2 Å².